The van der Waals surface area contributed by atoms with Crippen LogP contribution in [0.2, 0.25) is 0 Å². The van der Waals surface area contributed by atoms with E-state index in [0.717, 1.165) is 69.0 Å². The van der Waals surface area contributed by atoms with E-state index in [1.807, 2.05) is 52.8 Å². The highest BCUT2D eigenvalue weighted by molar-refractivity contribution is 7.25. The van der Waals surface area contributed by atoms with Crippen molar-refractivity contribution in [2.45, 2.75) is 52.4 Å². The summed E-state index contributed by atoms with van der Waals surface area (Å²) in [7, 11) is 0. The highest BCUT2D eigenvalue weighted by Crippen LogP contribution is 2.59. The van der Waals surface area contributed by atoms with Crippen LogP contribution in [0.4, 0.5) is 26.3 Å². The second-order valence-electron chi connectivity index (χ2n) is 21.8. The Bertz CT molecular complexity index is 5490. The fourth-order valence-corrected chi connectivity index (χ4v) is 17.7. The number of allylic oxidation sites excluding steroid dienone is 6. The second-order valence-corrected chi connectivity index (χ2v) is 26.6. The number of thiophene rings is 4. The van der Waals surface area contributed by atoms with Gasteiger partial charge in [0.05, 0.1) is 36.8 Å². The van der Waals surface area contributed by atoms with Gasteiger partial charge >= 0.3 is 0 Å². The molecular weight excluding hydrogens is 1230 g/mol. The monoisotopic (exact) mass is 1260 g/mol. The molecule has 13 nitrogen and oxygen atoms in total. The Morgan fingerprint density at radius 3 is 1.53 bits per heavy atom. The Labute approximate surface area is 512 Å². The Hall–Kier alpha value is -9.92. The number of ether oxygens (including phenoxy) is 2. The number of aryl methyl sites for hydroxylation is 1. The topological polar surface area (TPSA) is 204 Å². The third-order valence-corrected chi connectivity index (χ3v) is 21.3. The number of carbonyl (C=O) groups is 2. The Morgan fingerprint density at radius 2 is 0.977 bits per heavy atom. The van der Waals surface area contributed by atoms with Crippen LogP contribution in [0.1, 0.15) is 87.3 Å². The van der Waals surface area contributed by atoms with E-state index >= 15 is 8.78 Å². The first-order valence-corrected chi connectivity index (χ1v) is 30.5. The van der Waals surface area contributed by atoms with Crippen LogP contribution in [0.15, 0.2) is 83.0 Å². The fraction of sp³-hybridized carbons (Fsp3) is 0.125. The summed E-state index contributed by atoms with van der Waals surface area (Å²) in [5, 5.41) is 40.2. The maximum atomic E-state index is 15.4. The first kappa shape index (κ1) is 54.7. The van der Waals surface area contributed by atoms with Crippen LogP contribution in [0.3, 0.4) is 0 Å². The van der Waals surface area contributed by atoms with Crippen LogP contribution in [-0.4, -0.2) is 34.8 Å². The summed E-state index contributed by atoms with van der Waals surface area (Å²) in [5.74, 6) is -7.63. The third-order valence-electron chi connectivity index (χ3n) is 16.0. The minimum absolute atomic E-state index is 0.0759. The number of nitriles is 4. The van der Waals surface area contributed by atoms with Crippen LogP contribution in [-0.2, 0) is 17.7 Å². The molecule has 9 heterocycles. The van der Waals surface area contributed by atoms with E-state index in [2.05, 4.69) is 0 Å². The lowest BCUT2D eigenvalue weighted by atomic mass is 9.94. The van der Waals surface area contributed by atoms with E-state index in [4.69, 9.17) is 28.2 Å². The van der Waals surface area contributed by atoms with Crippen LogP contribution >= 0.6 is 57.1 Å². The number of benzene rings is 4. The Kier molecular flexibility index (Phi) is 11.8. The van der Waals surface area contributed by atoms with Crippen LogP contribution in [0.25, 0.3) is 108 Å². The number of nitrogens with zero attached hydrogens (tertiary/aromatic N) is 9. The van der Waals surface area contributed by atoms with Gasteiger partial charge in [0.25, 0.3) is 0 Å². The molecule has 0 fully saturated rings. The predicted octanol–water partition coefficient (Wildman–Crippen LogP) is 16.9. The lowest BCUT2D eigenvalue weighted by Gasteiger charge is -2.31. The van der Waals surface area contributed by atoms with Gasteiger partial charge in [-0.3, -0.25) is 9.59 Å². The molecule has 15 rings (SSSR count). The molecule has 0 atom stereocenters. The average molecular weight is 1260 g/mol. The van der Waals surface area contributed by atoms with Gasteiger partial charge in [0, 0.05) is 93.2 Å². The van der Waals surface area contributed by atoms with Crippen molar-refractivity contribution < 1.29 is 45.4 Å². The number of fused-ring (bicyclic) bond motifs is 13. The molecule has 4 aliphatic rings. The molecule has 7 aromatic heterocycles. The van der Waals surface area contributed by atoms with Crippen LogP contribution in [0.5, 0.6) is 11.5 Å². The van der Waals surface area contributed by atoms with Crippen LogP contribution < -0.4 is 9.47 Å². The van der Waals surface area contributed by atoms with Crippen molar-refractivity contribution in [3.05, 3.63) is 161 Å². The molecule has 0 saturated heterocycles. The van der Waals surface area contributed by atoms with E-state index in [-0.39, 0.29) is 50.1 Å². The number of carbonyl (C=O) groups excluding carboxylic acids is 2. The van der Waals surface area contributed by atoms with Gasteiger partial charge in [0.2, 0.25) is 0 Å². The largest absolute Gasteiger partial charge is 0.482 e. The van der Waals surface area contributed by atoms with Crippen molar-refractivity contribution in [2.24, 2.45) is 0 Å². The van der Waals surface area contributed by atoms with Crippen LogP contribution in [0, 0.1) is 80.2 Å². The molecule has 0 unspecified atom stereocenters. The number of halogens is 6. The van der Waals surface area contributed by atoms with Crippen molar-refractivity contribution in [3.63, 3.8) is 0 Å². The molecule has 0 N–H and O–H groups in total. The van der Waals surface area contributed by atoms with E-state index in [0.29, 0.717) is 97.1 Å². The van der Waals surface area contributed by atoms with Crippen molar-refractivity contribution in [1.82, 2.24) is 23.3 Å². The van der Waals surface area contributed by atoms with Crippen molar-refractivity contribution in [1.29, 1.82) is 21.0 Å². The van der Waals surface area contributed by atoms with Gasteiger partial charge < -0.3 is 14.0 Å². The van der Waals surface area contributed by atoms with E-state index in [9.17, 15) is 48.2 Å². The normalized spacial score (nSPS) is 15.9. The smallest absolute Gasteiger partial charge is 0.194 e. The summed E-state index contributed by atoms with van der Waals surface area (Å²) in [6.45, 7) is 9.67. The fourth-order valence-electron chi connectivity index (χ4n) is 12.1. The molecule has 2 aliphatic heterocycles. The predicted molar refractivity (Wildman–Crippen MR) is 323 cm³/mol. The number of aromatic nitrogens is 5. The molecule has 426 valence electrons. The second kappa shape index (κ2) is 19.0. The van der Waals surface area contributed by atoms with Crippen molar-refractivity contribution in [2.75, 3.05) is 0 Å². The highest BCUT2D eigenvalue weighted by Gasteiger charge is 2.42. The zero-order valence-corrected chi connectivity index (χ0v) is 49.7. The van der Waals surface area contributed by atoms with Gasteiger partial charge in [-0.25, -0.2) is 36.3 Å². The molecule has 24 heteroatoms. The van der Waals surface area contributed by atoms with E-state index in [1.54, 1.807) is 34.9 Å². The number of rotatable bonds is 5. The number of hydrogen-bond acceptors (Lipinski definition) is 17. The maximum Gasteiger partial charge on any atom is 0.194 e. The summed E-state index contributed by atoms with van der Waals surface area (Å²) in [4.78, 5) is 43.9. The van der Waals surface area contributed by atoms with Crippen molar-refractivity contribution in [3.8, 4) is 76.2 Å². The minimum Gasteiger partial charge on any atom is -0.482 e. The van der Waals surface area contributed by atoms with E-state index < -0.39 is 68.8 Å². The van der Waals surface area contributed by atoms with Gasteiger partial charge in [-0.05, 0) is 112 Å². The van der Waals surface area contributed by atoms with Gasteiger partial charge in [-0.1, -0.05) is 0 Å². The molecule has 2 aliphatic carbocycles. The van der Waals surface area contributed by atoms with Gasteiger partial charge in [0.15, 0.2) is 52.1 Å². The summed E-state index contributed by atoms with van der Waals surface area (Å²) in [6, 6.07) is 19.9. The molecule has 0 spiro atoms. The zero-order chi connectivity index (χ0) is 61.5. The van der Waals surface area contributed by atoms with Gasteiger partial charge in [-0.2, -0.15) is 29.8 Å². The number of ketones is 2. The standard InChI is InChI=1S/C64H29F6N9O4S5/c1-6-79-42-17-41(70)40(69)15-31(42)51-62(79)76-53-49(45-16-35-59(86-45)60-43(82-64(35,4)5)10-26(85-60)8-33-48(24(21-73)22-74)28-12-37(66)39(68)14-30(28)57(33)81)54-55(78-88-77-54)50(52(53)75-51)46-18-44-61(87-46)58-34(63(2,3)83-44)9-25(84-58)7-32-47(23(19-71)20-72)27-11-36(65)38(67)13-29(27)56(32)80/h7-18H,6H2,1-5H3/b32-7-,33-8-. The summed E-state index contributed by atoms with van der Waals surface area (Å²) in [5.41, 5.74) is 1.23. The SMILES string of the molecule is CCn1c2cc(F)c(F)cc2c2nc3c(-c4cc5c(s4)-c4sc(/C=C6\C(=O)c7cc(F)c(F)cc7C6=C(C#N)C#N)cc4C(C)(C)O5)c4nsnc4c(-c4cc5c(s4)-c4sc(/C=C6\C(=O)c7cc(F)c(F)cc7C6=C(C#N)C#N)cc4OC5(C)C)c3nc21. The lowest BCUT2D eigenvalue weighted by Crippen LogP contribution is -2.27. The number of hydrogen-bond donors (Lipinski definition) is 0. The average Bonchev–Trinajstić information content (AvgIpc) is 1.53. The molecule has 88 heavy (non-hydrogen) atoms. The molecule has 11 aromatic rings. The van der Waals surface area contributed by atoms with Gasteiger partial charge in [-0.15, -0.1) is 45.3 Å². The van der Waals surface area contributed by atoms with E-state index in [1.165, 1.54) is 57.5 Å². The third kappa shape index (κ3) is 7.69. The molecule has 0 saturated carbocycles. The molecular formula is C64H29F6N9O4S5. The summed E-state index contributed by atoms with van der Waals surface area (Å²) >= 11 is 6.25. The first-order chi connectivity index (χ1) is 42.1. The first-order valence-electron chi connectivity index (χ1n) is 26.5. The number of Topliss-reactive ketones (excluding diaryl/α,β-unsaturated/α-hetero) is 2. The summed E-state index contributed by atoms with van der Waals surface area (Å²) < 4.78 is 114. The zero-order valence-electron chi connectivity index (χ0n) is 45.6. The quantitative estimate of drug-likeness (QED) is 0.0897. The van der Waals surface area contributed by atoms with Crippen molar-refractivity contribution >= 4 is 136 Å². The Balaban J connectivity index is 0.919. The molecule has 0 bridgehead atoms. The molecule has 4 aromatic carbocycles. The minimum atomic E-state index is -1.26. The highest BCUT2D eigenvalue weighted by atomic mass is 32.1. The summed E-state index contributed by atoms with van der Waals surface area (Å²) in [6.07, 6.45) is 2.98. The Morgan fingerprint density at radius 1 is 0.534 bits per heavy atom. The maximum absolute atomic E-state index is 15.4. The van der Waals surface area contributed by atoms with Gasteiger partial charge in [0.1, 0.15) is 85.7 Å². The molecule has 0 amide bonds. The lowest BCUT2D eigenvalue weighted by molar-refractivity contribution is 0.103. The molecule has 0 radical (unpaired) electrons.